The summed E-state index contributed by atoms with van der Waals surface area (Å²) in [6, 6.07) is 4.40. The Morgan fingerprint density at radius 3 is 2.76 bits per heavy atom. The number of anilines is 1. The average molecular weight is 312 g/mol. The minimum Gasteiger partial charge on any atom is -0.481 e. The summed E-state index contributed by atoms with van der Waals surface area (Å²) < 4.78 is 25.8. The first-order valence-electron chi connectivity index (χ1n) is 6.33. The summed E-state index contributed by atoms with van der Waals surface area (Å²) in [5.41, 5.74) is 1.24. The molecular weight excluding hydrogens is 296 g/mol. The monoisotopic (exact) mass is 312 g/mol. The van der Waals surface area contributed by atoms with Crippen molar-refractivity contribution in [3.8, 4) is 0 Å². The zero-order valence-corrected chi connectivity index (χ0v) is 12.5. The van der Waals surface area contributed by atoms with Gasteiger partial charge in [-0.15, -0.1) is 0 Å². The molecule has 1 aliphatic rings. The smallest absolute Gasteiger partial charge is 0.307 e. The van der Waals surface area contributed by atoms with Crippen molar-refractivity contribution in [1.29, 1.82) is 0 Å². The molecule has 1 aromatic carbocycles. The highest BCUT2D eigenvalue weighted by Gasteiger charge is 2.27. The zero-order valence-electron chi connectivity index (χ0n) is 11.7. The summed E-state index contributed by atoms with van der Waals surface area (Å²) in [6.07, 6.45) is 0.147. The van der Waals surface area contributed by atoms with E-state index in [1.165, 1.54) is 26.1 Å². The predicted molar refractivity (Wildman–Crippen MR) is 75.4 cm³/mol. The van der Waals surface area contributed by atoms with Gasteiger partial charge in [0.1, 0.15) is 0 Å². The van der Waals surface area contributed by atoms with E-state index in [1.54, 1.807) is 6.07 Å². The van der Waals surface area contributed by atoms with Crippen LogP contribution in [0.2, 0.25) is 0 Å². The SMILES string of the molecule is CC(CN(C)S(=O)(=O)c1ccc2c(c1)CC(=O)N2)C(=O)O. The Morgan fingerprint density at radius 2 is 2.14 bits per heavy atom. The number of carbonyl (C=O) groups excluding carboxylic acids is 1. The number of rotatable bonds is 5. The number of nitrogens with one attached hydrogen (secondary N) is 1. The number of nitrogens with zero attached hydrogens (tertiary/aromatic N) is 1. The molecular formula is C13H16N2O5S. The van der Waals surface area contributed by atoms with Gasteiger partial charge in [0, 0.05) is 19.3 Å². The van der Waals surface area contributed by atoms with Gasteiger partial charge in [-0.25, -0.2) is 12.7 Å². The second kappa shape index (κ2) is 5.45. The normalized spacial score (nSPS) is 15.7. The van der Waals surface area contributed by atoms with E-state index < -0.39 is 21.9 Å². The Kier molecular flexibility index (Phi) is 4.02. The second-order valence-electron chi connectivity index (χ2n) is 5.07. The maximum Gasteiger partial charge on any atom is 0.307 e. The first kappa shape index (κ1) is 15.5. The van der Waals surface area contributed by atoms with Gasteiger partial charge in [-0.05, 0) is 23.8 Å². The molecule has 8 heteroatoms. The number of benzene rings is 1. The van der Waals surface area contributed by atoms with Gasteiger partial charge >= 0.3 is 5.97 Å². The number of amides is 1. The van der Waals surface area contributed by atoms with E-state index in [1.807, 2.05) is 0 Å². The van der Waals surface area contributed by atoms with Gasteiger partial charge in [0.25, 0.3) is 0 Å². The van der Waals surface area contributed by atoms with Crippen LogP contribution in [-0.4, -0.2) is 43.3 Å². The van der Waals surface area contributed by atoms with Crippen molar-refractivity contribution in [3.05, 3.63) is 23.8 Å². The predicted octanol–water partition coefficient (Wildman–Crippen LogP) is 0.522. The molecule has 1 aromatic rings. The molecule has 0 fully saturated rings. The van der Waals surface area contributed by atoms with Crippen molar-refractivity contribution in [1.82, 2.24) is 4.31 Å². The van der Waals surface area contributed by atoms with Crippen LogP contribution in [0.1, 0.15) is 12.5 Å². The largest absolute Gasteiger partial charge is 0.481 e. The number of sulfonamides is 1. The molecule has 1 atom stereocenters. The molecule has 114 valence electrons. The summed E-state index contributed by atoms with van der Waals surface area (Å²) in [5.74, 6) is -2.03. The van der Waals surface area contributed by atoms with Gasteiger partial charge in [-0.3, -0.25) is 9.59 Å². The molecule has 2 rings (SSSR count). The van der Waals surface area contributed by atoms with Crippen LogP contribution in [0.25, 0.3) is 0 Å². The van der Waals surface area contributed by atoms with Crippen LogP contribution in [0.3, 0.4) is 0 Å². The molecule has 0 aromatic heterocycles. The van der Waals surface area contributed by atoms with Crippen molar-refractivity contribution in [2.24, 2.45) is 5.92 Å². The molecule has 0 saturated heterocycles. The van der Waals surface area contributed by atoms with E-state index in [4.69, 9.17) is 5.11 Å². The summed E-state index contributed by atoms with van der Waals surface area (Å²) in [4.78, 5) is 22.2. The van der Waals surface area contributed by atoms with Crippen molar-refractivity contribution < 1.29 is 23.1 Å². The summed E-state index contributed by atoms with van der Waals surface area (Å²) >= 11 is 0. The third-order valence-corrected chi connectivity index (χ3v) is 5.18. The lowest BCUT2D eigenvalue weighted by molar-refractivity contribution is -0.141. The highest BCUT2D eigenvalue weighted by Crippen LogP contribution is 2.27. The fraction of sp³-hybridized carbons (Fsp3) is 0.385. The Morgan fingerprint density at radius 1 is 1.48 bits per heavy atom. The van der Waals surface area contributed by atoms with Gasteiger partial charge in [-0.2, -0.15) is 0 Å². The Hall–Kier alpha value is -1.93. The molecule has 0 saturated carbocycles. The third kappa shape index (κ3) is 3.06. The maximum absolute atomic E-state index is 12.4. The van der Waals surface area contributed by atoms with E-state index in [0.29, 0.717) is 11.3 Å². The lowest BCUT2D eigenvalue weighted by Gasteiger charge is -2.19. The molecule has 1 unspecified atom stereocenters. The lowest BCUT2D eigenvalue weighted by Crippen LogP contribution is -2.33. The summed E-state index contributed by atoms with van der Waals surface area (Å²) in [7, 11) is -2.44. The van der Waals surface area contributed by atoms with Crippen LogP contribution in [0.15, 0.2) is 23.1 Å². The molecule has 2 N–H and O–H groups in total. The van der Waals surface area contributed by atoms with E-state index in [0.717, 1.165) is 4.31 Å². The van der Waals surface area contributed by atoms with Crippen molar-refractivity contribution in [3.63, 3.8) is 0 Å². The van der Waals surface area contributed by atoms with E-state index in [2.05, 4.69) is 5.32 Å². The van der Waals surface area contributed by atoms with E-state index in [9.17, 15) is 18.0 Å². The Balaban J connectivity index is 2.26. The molecule has 1 heterocycles. The summed E-state index contributed by atoms with van der Waals surface area (Å²) in [6.45, 7) is 1.32. The number of hydrogen-bond acceptors (Lipinski definition) is 4. The minimum absolute atomic E-state index is 0.0536. The fourth-order valence-electron chi connectivity index (χ4n) is 2.11. The van der Waals surface area contributed by atoms with Crippen LogP contribution in [-0.2, 0) is 26.0 Å². The number of carboxylic acid groups (broad SMARTS) is 1. The third-order valence-electron chi connectivity index (χ3n) is 3.36. The van der Waals surface area contributed by atoms with Gasteiger partial charge in [-0.1, -0.05) is 6.92 Å². The highest BCUT2D eigenvalue weighted by molar-refractivity contribution is 7.89. The van der Waals surface area contributed by atoms with E-state index >= 15 is 0 Å². The molecule has 0 aliphatic carbocycles. The number of carboxylic acids is 1. The number of fused-ring (bicyclic) bond motifs is 1. The molecule has 7 nitrogen and oxygen atoms in total. The molecule has 1 aliphatic heterocycles. The highest BCUT2D eigenvalue weighted by atomic mass is 32.2. The number of aliphatic carboxylic acids is 1. The Labute approximate surface area is 122 Å². The zero-order chi connectivity index (χ0) is 15.8. The van der Waals surface area contributed by atoms with Gasteiger partial charge in [0.05, 0.1) is 17.2 Å². The molecule has 0 radical (unpaired) electrons. The standard InChI is InChI=1S/C13H16N2O5S/c1-8(13(17)18)7-15(2)21(19,20)10-3-4-11-9(5-10)6-12(16)14-11/h3-5,8H,6-7H2,1-2H3,(H,14,16)(H,17,18). The lowest BCUT2D eigenvalue weighted by atomic mass is 10.2. The van der Waals surface area contributed by atoms with Gasteiger partial charge in [0.15, 0.2) is 0 Å². The molecule has 21 heavy (non-hydrogen) atoms. The Bertz CT molecular complexity index is 699. The quantitative estimate of drug-likeness (QED) is 0.825. The average Bonchev–Trinajstić information content (AvgIpc) is 2.77. The van der Waals surface area contributed by atoms with Crippen LogP contribution in [0.5, 0.6) is 0 Å². The number of carbonyl (C=O) groups is 2. The van der Waals surface area contributed by atoms with Crippen molar-refractivity contribution in [2.45, 2.75) is 18.2 Å². The van der Waals surface area contributed by atoms with Gasteiger partial charge < -0.3 is 10.4 Å². The maximum atomic E-state index is 12.4. The van der Waals surface area contributed by atoms with Crippen LogP contribution in [0.4, 0.5) is 5.69 Å². The van der Waals surface area contributed by atoms with Gasteiger partial charge in [0.2, 0.25) is 15.9 Å². The van der Waals surface area contributed by atoms with Crippen LogP contribution < -0.4 is 5.32 Å². The fourth-order valence-corrected chi connectivity index (χ4v) is 3.42. The van der Waals surface area contributed by atoms with Crippen LogP contribution in [0, 0.1) is 5.92 Å². The molecule has 0 spiro atoms. The summed E-state index contributed by atoms with van der Waals surface area (Å²) in [5, 5.41) is 11.5. The van der Waals surface area contributed by atoms with Crippen molar-refractivity contribution in [2.75, 3.05) is 18.9 Å². The molecule has 0 bridgehead atoms. The number of hydrogen-bond donors (Lipinski definition) is 2. The first-order valence-corrected chi connectivity index (χ1v) is 7.77. The minimum atomic E-state index is -3.78. The second-order valence-corrected chi connectivity index (χ2v) is 7.11. The molecule has 1 amide bonds. The van der Waals surface area contributed by atoms with E-state index in [-0.39, 0.29) is 23.8 Å². The topological polar surface area (TPSA) is 104 Å². The first-order chi connectivity index (χ1) is 9.71. The van der Waals surface area contributed by atoms with Crippen molar-refractivity contribution >= 4 is 27.6 Å². The van der Waals surface area contributed by atoms with Crippen LogP contribution >= 0.6 is 0 Å².